The maximum atomic E-state index is 12.9. The first-order valence-corrected chi connectivity index (χ1v) is 9.56. The van der Waals surface area contributed by atoms with Crippen LogP contribution in [0.4, 0.5) is 4.79 Å². The molecular weight excluding hydrogens is 403 g/mol. The van der Waals surface area contributed by atoms with Crippen LogP contribution in [-0.2, 0) is 10.3 Å². The van der Waals surface area contributed by atoms with Crippen LogP contribution in [0.5, 0.6) is 11.5 Å². The number of ether oxygens (including phenoxy) is 2. The minimum atomic E-state index is -1.20. The third-order valence-corrected chi connectivity index (χ3v) is 5.23. The normalized spacial score (nSPS) is 18.9. The van der Waals surface area contributed by atoms with Crippen molar-refractivity contribution < 1.29 is 19.1 Å². The summed E-state index contributed by atoms with van der Waals surface area (Å²) >= 11 is 12.0. The van der Waals surface area contributed by atoms with Gasteiger partial charge >= 0.3 is 6.03 Å². The van der Waals surface area contributed by atoms with Crippen molar-refractivity contribution in [1.82, 2.24) is 10.2 Å². The lowest BCUT2D eigenvalue weighted by atomic mass is 9.92. The number of amides is 3. The lowest BCUT2D eigenvalue weighted by Crippen LogP contribution is -2.41. The minimum absolute atomic E-state index is 0.120. The molecule has 1 fully saturated rings. The third kappa shape index (κ3) is 4.03. The van der Waals surface area contributed by atoms with Crippen LogP contribution in [0.15, 0.2) is 42.5 Å². The second-order valence-corrected chi connectivity index (χ2v) is 7.21. The van der Waals surface area contributed by atoms with E-state index in [0.717, 1.165) is 10.6 Å². The Morgan fingerprint density at radius 2 is 1.64 bits per heavy atom. The van der Waals surface area contributed by atoms with Gasteiger partial charge in [0.2, 0.25) is 0 Å². The summed E-state index contributed by atoms with van der Waals surface area (Å²) in [6.45, 7) is 4.43. The number of hydrogen-bond acceptors (Lipinski definition) is 4. The average Bonchev–Trinajstić information content (AvgIpc) is 2.89. The molecule has 1 saturated heterocycles. The van der Waals surface area contributed by atoms with Gasteiger partial charge in [0.15, 0.2) is 0 Å². The van der Waals surface area contributed by atoms with Gasteiger partial charge in [0, 0.05) is 0 Å². The van der Waals surface area contributed by atoms with Crippen molar-refractivity contribution in [2.24, 2.45) is 0 Å². The Bertz CT molecular complexity index is 888. The smallest absolute Gasteiger partial charge is 0.325 e. The van der Waals surface area contributed by atoms with Gasteiger partial charge in [0.05, 0.1) is 23.2 Å². The van der Waals surface area contributed by atoms with E-state index in [9.17, 15) is 9.59 Å². The number of carbonyl (C=O) groups excluding carboxylic acids is 2. The molecule has 1 N–H and O–H groups in total. The van der Waals surface area contributed by atoms with Crippen molar-refractivity contribution in [3.05, 3.63) is 58.1 Å². The Balaban J connectivity index is 1.64. The van der Waals surface area contributed by atoms with E-state index in [1.807, 2.05) is 6.92 Å². The maximum Gasteiger partial charge on any atom is 0.325 e. The molecule has 0 radical (unpaired) electrons. The monoisotopic (exact) mass is 422 g/mol. The Morgan fingerprint density at radius 3 is 2.25 bits per heavy atom. The number of nitrogens with zero attached hydrogens (tertiary/aromatic N) is 1. The molecule has 2 aromatic rings. The topological polar surface area (TPSA) is 67.9 Å². The highest BCUT2D eigenvalue weighted by Gasteiger charge is 2.48. The lowest BCUT2D eigenvalue weighted by Gasteiger charge is -2.22. The van der Waals surface area contributed by atoms with Crippen LogP contribution < -0.4 is 14.8 Å². The van der Waals surface area contributed by atoms with Crippen LogP contribution in [0.1, 0.15) is 19.4 Å². The van der Waals surface area contributed by atoms with E-state index in [2.05, 4.69) is 5.32 Å². The summed E-state index contributed by atoms with van der Waals surface area (Å²) in [7, 11) is 0. The molecule has 3 amide bonds. The summed E-state index contributed by atoms with van der Waals surface area (Å²) in [4.78, 5) is 26.4. The largest absolute Gasteiger partial charge is 0.494 e. The van der Waals surface area contributed by atoms with Crippen LogP contribution in [0.25, 0.3) is 0 Å². The zero-order chi connectivity index (χ0) is 20.3. The summed E-state index contributed by atoms with van der Waals surface area (Å²) in [6, 6.07) is 11.5. The molecule has 1 aliphatic rings. The van der Waals surface area contributed by atoms with Crippen LogP contribution in [0, 0.1) is 0 Å². The predicted octanol–water partition coefficient (Wildman–Crippen LogP) is 4.24. The molecule has 2 aromatic carbocycles. The van der Waals surface area contributed by atoms with E-state index in [-0.39, 0.29) is 19.1 Å². The molecule has 0 aliphatic carbocycles. The Morgan fingerprint density at radius 1 is 1.00 bits per heavy atom. The van der Waals surface area contributed by atoms with Crippen molar-refractivity contribution in [2.75, 3.05) is 19.8 Å². The number of carbonyl (C=O) groups is 2. The second-order valence-electron chi connectivity index (χ2n) is 6.39. The second kappa shape index (κ2) is 8.29. The SMILES string of the molecule is CCOc1ccc(OCCN2C(=O)NC(C)(c3ccc(Cl)c(Cl)c3)C2=O)cc1. The first-order chi connectivity index (χ1) is 13.3. The lowest BCUT2D eigenvalue weighted by molar-refractivity contribution is -0.131. The summed E-state index contributed by atoms with van der Waals surface area (Å²) in [5.41, 5.74) is -0.639. The fourth-order valence-electron chi connectivity index (χ4n) is 2.96. The van der Waals surface area contributed by atoms with Gasteiger partial charge in [-0.25, -0.2) is 4.79 Å². The molecular formula is C20H20Cl2N2O4. The number of imide groups is 1. The zero-order valence-corrected chi connectivity index (χ0v) is 17.0. The first-order valence-electron chi connectivity index (χ1n) is 8.80. The Labute approximate surface area is 173 Å². The number of benzene rings is 2. The summed E-state index contributed by atoms with van der Waals surface area (Å²) in [5.74, 6) is 1.01. The van der Waals surface area contributed by atoms with Crippen LogP contribution in [0.2, 0.25) is 10.0 Å². The van der Waals surface area contributed by atoms with Crippen molar-refractivity contribution in [3.8, 4) is 11.5 Å². The van der Waals surface area contributed by atoms with Crippen LogP contribution in [0.3, 0.4) is 0 Å². The standard InChI is InChI=1S/C20H20Cl2N2O4/c1-3-27-14-5-7-15(8-6-14)28-11-10-24-18(25)20(2,23-19(24)26)13-4-9-16(21)17(22)12-13/h4-9,12H,3,10-11H2,1-2H3,(H,23,26). The first kappa shape index (κ1) is 20.3. The van der Waals surface area contributed by atoms with E-state index in [1.165, 1.54) is 0 Å². The van der Waals surface area contributed by atoms with E-state index in [4.69, 9.17) is 32.7 Å². The van der Waals surface area contributed by atoms with E-state index < -0.39 is 11.6 Å². The third-order valence-electron chi connectivity index (χ3n) is 4.49. The van der Waals surface area contributed by atoms with Crippen molar-refractivity contribution in [1.29, 1.82) is 0 Å². The van der Waals surface area contributed by atoms with Crippen LogP contribution in [-0.4, -0.2) is 36.6 Å². The molecule has 1 atom stereocenters. The predicted molar refractivity (Wildman–Crippen MR) is 107 cm³/mol. The molecule has 1 heterocycles. The summed E-state index contributed by atoms with van der Waals surface area (Å²) in [6.07, 6.45) is 0. The van der Waals surface area contributed by atoms with Crippen LogP contribution >= 0.6 is 23.2 Å². The van der Waals surface area contributed by atoms with E-state index >= 15 is 0 Å². The average molecular weight is 423 g/mol. The fraction of sp³-hybridized carbons (Fsp3) is 0.300. The minimum Gasteiger partial charge on any atom is -0.494 e. The highest BCUT2D eigenvalue weighted by atomic mass is 35.5. The van der Waals surface area contributed by atoms with Crippen molar-refractivity contribution in [2.45, 2.75) is 19.4 Å². The molecule has 1 aliphatic heterocycles. The highest BCUT2D eigenvalue weighted by molar-refractivity contribution is 6.42. The van der Waals surface area contributed by atoms with Crippen molar-refractivity contribution in [3.63, 3.8) is 0 Å². The van der Waals surface area contributed by atoms with Gasteiger partial charge in [-0.1, -0.05) is 29.3 Å². The van der Waals surface area contributed by atoms with Gasteiger partial charge < -0.3 is 14.8 Å². The highest BCUT2D eigenvalue weighted by Crippen LogP contribution is 2.33. The van der Waals surface area contributed by atoms with Gasteiger partial charge in [-0.15, -0.1) is 0 Å². The molecule has 148 valence electrons. The quantitative estimate of drug-likeness (QED) is 0.677. The van der Waals surface area contributed by atoms with Crippen molar-refractivity contribution >= 4 is 35.1 Å². The molecule has 1 unspecified atom stereocenters. The van der Waals surface area contributed by atoms with Gasteiger partial charge in [0.1, 0.15) is 23.6 Å². The maximum absolute atomic E-state index is 12.9. The zero-order valence-electron chi connectivity index (χ0n) is 15.5. The van der Waals surface area contributed by atoms with Gasteiger partial charge in [0.25, 0.3) is 5.91 Å². The van der Waals surface area contributed by atoms with Gasteiger partial charge in [-0.2, -0.15) is 0 Å². The molecule has 0 aromatic heterocycles. The Hall–Kier alpha value is -2.44. The number of urea groups is 1. The number of rotatable bonds is 7. The molecule has 0 saturated carbocycles. The molecule has 6 nitrogen and oxygen atoms in total. The van der Waals surface area contributed by atoms with Gasteiger partial charge in [-0.3, -0.25) is 9.69 Å². The summed E-state index contributed by atoms with van der Waals surface area (Å²) < 4.78 is 11.0. The molecule has 8 heteroatoms. The number of halogens is 2. The van der Waals surface area contributed by atoms with E-state index in [1.54, 1.807) is 49.4 Å². The molecule has 28 heavy (non-hydrogen) atoms. The Kier molecular flexibility index (Phi) is 6.01. The molecule has 0 bridgehead atoms. The fourth-order valence-corrected chi connectivity index (χ4v) is 3.25. The summed E-state index contributed by atoms with van der Waals surface area (Å²) in [5, 5.41) is 3.43. The molecule has 3 rings (SSSR count). The number of hydrogen-bond donors (Lipinski definition) is 1. The molecule has 0 spiro atoms. The van der Waals surface area contributed by atoms with E-state index in [0.29, 0.717) is 28.0 Å². The number of nitrogens with one attached hydrogen (secondary N) is 1. The van der Waals surface area contributed by atoms with Gasteiger partial charge in [-0.05, 0) is 55.8 Å².